The van der Waals surface area contributed by atoms with Gasteiger partial charge >= 0.3 is 0 Å². The fourth-order valence-corrected chi connectivity index (χ4v) is 2.64. The van der Waals surface area contributed by atoms with Crippen LogP contribution in [0.3, 0.4) is 0 Å². The van der Waals surface area contributed by atoms with Gasteiger partial charge in [0.2, 0.25) is 0 Å². The summed E-state index contributed by atoms with van der Waals surface area (Å²) in [6, 6.07) is 0.158. The van der Waals surface area contributed by atoms with Crippen molar-refractivity contribution in [2.24, 2.45) is 11.8 Å². The summed E-state index contributed by atoms with van der Waals surface area (Å²) in [7, 11) is 0. The molecule has 0 aromatic carbocycles. The quantitative estimate of drug-likeness (QED) is 0.834. The Morgan fingerprint density at radius 3 is 2.75 bits per heavy atom. The van der Waals surface area contributed by atoms with Crippen molar-refractivity contribution in [2.45, 2.75) is 52.2 Å². The zero-order valence-electron chi connectivity index (χ0n) is 10.6. The van der Waals surface area contributed by atoms with Gasteiger partial charge in [0.25, 0.3) is 0 Å². The highest BCUT2D eigenvalue weighted by Gasteiger charge is 2.36. The van der Waals surface area contributed by atoms with Gasteiger partial charge in [0.05, 0.1) is 11.6 Å². The molecular formula is C13H22N2O. The van der Waals surface area contributed by atoms with E-state index in [4.69, 9.17) is 0 Å². The highest BCUT2D eigenvalue weighted by Crippen LogP contribution is 2.38. The molecule has 1 N–H and O–H groups in total. The van der Waals surface area contributed by atoms with Crippen LogP contribution in [0.4, 0.5) is 0 Å². The van der Waals surface area contributed by atoms with Gasteiger partial charge in [0.15, 0.2) is 0 Å². The fourth-order valence-electron chi connectivity index (χ4n) is 2.64. The summed E-state index contributed by atoms with van der Waals surface area (Å²) in [6.45, 7) is 8.30. The van der Waals surface area contributed by atoms with Crippen molar-refractivity contribution in [3.05, 3.63) is 18.2 Å². The van der Waals surface area contributed by atoms with Crippen molar-refractivity contribution in [3.63, 3.8) is 0 Å². The number of rotatable bonds is 2. The topological polar surface area (TPSA) is 38.0 Å². The van der Waals surface area contributed by atoms with Crippen LogP contribution in [0.5, 0.6) is 0 Å². The molecule has 0 aliphatic carbocycles. The Balaban J connectivity index is 2.33. The Morgan fingerprint density at radius 1 is 1.50 bits per heavy atom. The van der Waals surface area contributed by atoms with Crippen LogP contribution in [0.1, 0.15) is 46.0 Å². The van der Waals surface area contributed by atoms with Crippen molar-refractivity contribution in [1.82, 2.24) is 9.55 Å². The van der Waals surface area contributed by atoms with E-state index in [-0.39, 0.29) is 6.04 Å². The lowest BCUT2D eigenvalue weighted by molar-refractivity contribution is 0.000680. The van der Waals surface area contributed by atoms with Crippen LogP contribution in [-0.2, 0) is 6.42 Å². The van der Waals surface area contributed by atoms with Gasteiger partial charge in [-0.3, -0.25) is 0 Å². The molecule has 1 aliphatic rings. The normalized spacial score (nSPS) is 25.9. The second-order valence-electron chi connectivity index (χ2n) is 5.86. The maximum absolute atomic E-state index is 10.3. The van der Waals surface area contributed by atoms with Gasteiger partial charge in [-0.25, -0.2) is 4.98 Å². The predicted octanol–water partition coefficient (Wildman–Crippen LogP) is 2.41. The number of aromatic nitrogens is 2. The maximum Gasteiger partial charge on any atom is 0.109 e. The van der Waals surface area contributed by atoms with Crippen LogP contribution in [0.2, 0.25) is 0 Å². The SMILES string of the molecule is CC(C)C1Cc2nccn2C(C(C)(C)O)C1. The van der Waals surface area contributed by atoms with Crippen molar-refractivity contribution >= 4 is 0 Å². The predicted molar refractivity (Wildman–Crippen MR) is 64.2 cm³/mol. The molecular weight excluding hydrogens is 200 g/mol. The van der Waals surface area contributed by atoms with Gasteiger partial charge in [0.1, 0.15) is 5.82 Å². The van der Waals surface area contributed by atoms with E-state index in [2.05, 4.69) is 23.4 Å². The first-order valence-corrected chi connectivity index (χ1v) is 6.13. The number of nitrogens with zero attached hydrogens (tertiary/aromatic N) is 2. The van der Waals surface area contributed by atoms with E-state index in [1.807, 2.05) is 26.2 Å². The van der Waals surface area contributed by atoms with Crippen molar-refractivity contribution in [2.75, 3.05) is 0 Å². The molecule has 2 rings (SSSR count). The number of fused-ring (bicyclic) bond motifs is 1. The Hall–Kier alpha value is -0.830. The molecule has 0 bridgehead atoms. The van der Waals surface area contributed by atoms with Crippen LogP contribution in [0.25, 0.3) is 0 Å². The van der Waals surface area contributed by atoms with Crippen molar-refractivity contribution in [1.29, 1.82) is 0 Å². The van der Waals surface area contributed by atoms with Gasteiger partial charge in [0, 0.05) is 18.8 Å². The zero-order chi connectivity index (χ0) is 11.9. The molecule has 3 heteroatoms. The first-order valence-electron chi connectivity index (χ1n) is 6.13. The largest absolute Gasteiger partial charge is 0.388 e. The number of aliphatic hydroxyl groups is 1. The summed E-state index contributed by atoms with van der Waals surface area (Å²) in [5.74, 6) is 2.40. The van der Waals surface area contributed by atoms with E-state index in [0.29, 0.717) is 11.8 Å². The van der Waals surface area contributed by atoms with E-state index in [9.17, 15) is 5.11 Å². The molecule has 1 aliphatic heterocycles. The minimum Gasteiger partial charge on any atom is -0.388 e. The third-order valence-electron chi connectivity index (χ3n) is 3.81. The van der Waals surface area contributed by atoms with Gasteiger partial charge in [-0.1, -0.05) is 13.8 Å². The third kappa shape index (κ3) is 2.01. The smallest absolute Gasteiger partial charge is 0.109 e. The van der Waals surface area contributed by atoms with Gasteiger partial charge in [-0.15, -0.1) is 0 Å². The summed E-state index contributed by atoms with van der Waals surface area (Å²) < 4.78 is 2.15. The lowest BCUT2D eigenvalue weighted by Crippen LogP contribution is -2.39. The molecule has 0 radical (unpaired) electrons. The molecule has 1 aromatic heterocycles. The lowest BCUT2D eigenvalue weighted by atomic mass is 9.79. The molecule has 2 atom stereocenters. The molecule has 0 amide bonds. The highest BCUT2D eigenvalue weighted by molar-refractivity contribution is 5.05. The fraction of sp³-hybridized carbons (Fsp3) is 0.769. The second-order valence-corrected chi connectivity index (χ2v) is 5.86. The third-order valence-corrected chi connectivity index (χ3v) is 3.81. The van der Waals surface area contributed by atoms with E-state index < -0.39 is 5.60 Å². The van der Waals surface area contributed by atoms with Crippen LogP contribution < -0.4 is 0 Å². The monoisotopic (exact) mass is 222 g/mol. The molecule has 2 unspecified atom stereocenters. The Labute approximate surface area is 97.5 Å². The Kier molecular flexibility index (Phi) is 2.82. The van der Waals surface area contributed by atoms with Crippen molar-refractivity contribution < 1.29 is 5.11 Å². The van der Waals surface area contributed by atoms with Gasteiger partial charge in [-0.2, -0.15) is 0 Å². The summed E-state index contributed by atoms with van der Waals surface area (Å²) >= 11 is 0. The molecule has 90 valence electrons. The van der Waals surface area contributed by atoms with Crippen LogP contribution in [0, 0.1) is 11.8 Å². The number of imidazole rings is 1. The molecule has 0 saturated carbocycles. The molecule has 3 nitrogen and oxygen atoms in total. The summed E-state index contributed by atoms with van der Waals surface area (Å²) in [5.41, 5.74) is -0.678. The second kappa shape index (κ2) is 3.88. The maximum atomic E-state index is 10.3. The zero-order valence-corrected chi connectivity index (χ0v) is 10.6. The van der Waals surface area contributed by atoms with Gasteiger partial charge in [-0.05, 0) is 32.1 Å². The lowest BCUT2D eigenvalue weighted by Gasteiger charge is -2.39. The minimum absolute atomic E-state index is 0.158. The highest BCUT2D eigenvalue weighted by atomic mass is 16.3. The molecule has 16 heavy (non-hydrogen) atoms. The van der Waals surface area contributed by atoms with E-state index in [0.717, 1.165) is 18.7 Å². The van der Waals surface area contributed by atoms with Crippen molar-refractivity contribution in [3.8, 4) is 0 Å². The minimum atomic E-state index is -0.678. The van der Waals surface area contributed by atoms with E-state index >= 15 is 0 Å². The van der Waals surface area contributed by atoms with E-state index in [1.54, 1.807) is 0 Å². The number of hydrogen-bond donors (Lipinski definition) is 1. The Bertz CT molecular complexity index is 362. The van der Waals surface area contributed by atoms with Crippen LogP contribution >= 0.6 is 0 Å². The van der Waals surface area contributed by atoms with Crippen LogP contribution in [0.15, 0.2) is 12.4 Å². The summed E-state index contributed by atoms with van der Waals surface area (Å²) in [6.07, 6.45) is 5.92. The standard InChI is InChI=1S/C13H22N2O/c1-9(2)10-7-11(13(3,4)16)15-6-5-14-12(15)8-10/h5-6,9-11,16H,7-8H2,1-4H3. The number of hydrogen-bond acceptors (Lipinski definition) is 2. The average molecular weight is 222 g/mol. The first-order chi connectivity index (χ1) is 7.39. The van der Waals surface area contributed by atoms with Gasteiger partial charge < -0.3 is 9.67 Å². The molecule has 0 saturated heterocycles. The summed E-state index contributed by atoms with van der Waals surface area (Å²) in [5, 5.41) is 10.3. The first kappa shape index (κ1) is 11.6. The molecule has 0 spiro atoms. The average Bonchev–Trinajstić information content (AvgIpc) is 2.61. The molecule has 1 aromatic rings. The Morgan fingerprint density at radius 2 is 2.19 bits per heavy atom. The van der Waals surface area contributed by atoms with E-state index in [1.165, 1.54) is 0 Å². The molecule has 0 fully saturated rings. The summed E-state index contributed by atoms with van der Waals surface area (Å²) in [4.78, 5) is 4.40. The molecule has 2 heterocycles. The van der Waals surface area contributed by atoms with Crippen LogP contribution in [-0.4, -0.2) is 20.3 Å².